The molecule has 3 aromatic heterocycles. The number of hydrogen-bond acceptors (Lipinski definition) is 8. The van der Waals surface area contributed by atoms with Crippen LogP contribution in [0.1, 0.15) is 41.9 Å². The average molecular weight is 571 g/mol. The van der Waals surface area contributed by atoms with Crippen LogP contribution in [0.15, 0.2) is 51.3 Å². The molecular weight excluding hydrogens is 536 g/mol. The van der Waals surface area contributed by atoms with Crippen LogP contribution in [0.5, 0.6) is 0 Å². The zero-order chi connectivity index (χ0) is 29.1. The van der Waals surface area contributed by atoms with Gasteiger partial charge in [-0.05, 0) is 61.9 Å². The minimum atomic E-state index is -0.191. The first kappa shape index (κ1) is 28.2. The number of carbonyl (C=O) groups excluding carboxylic acids is 1. The van der Waals surface area contributed by atoms with Crippen LogP contribution in [0.2, 0.25) is 0 Å². The molecule has 11 heteroatoms. The summed E-state index contributed by atoms with van der Waals surface area (Å²) in [5.41, 5.74) is 5.75. The van der Waals surface area contributed by atoms with Crippen LogP contribution in [-0.4, -0.2) is 62.2 Å². The molecule has 1 aliphatic heterocycles. The summed E-state index contributed by atoms with van der Waals surface area (Å²) in [6.07, 6.45) is 7.12. The summed E-state index contributed by atoms with van der Waals surface area (Å²) < 4.78 is 4.12. The van der Waals surface area contributed by atoms with E-state index in [1.165, 1.54) is 17.1 Å². The number of hydrogen-bond donors (Lipinski definition) is 1. The van der Waals surface area contributed by atoms with Crippen molar-refractivity contribution in [2.75, 3.05) is 19.6 Å². The van der Waals surface area contributed by atoms with Crippen molar-refractivity contribution in [3.8, 4) is 16.8 Å². The number of pyridine rings is 1. The average Bonchev–Trinajstić information content (AvgIpc) is 3.51. The number of carbonyl (C=O) groups is 1. The molecule has 0 radical (unpaired) electrons. The quantitative estimate of drug-likeness (QED) is 0.195. The highest BCUT2D eigenvalue weighted by molar-refractivity contribution is 7.20. The maximum Gasteiger partial charge on any atom is 0.350 e. The van der Waals surface area contributed by atoms with Crippen molar-refractivity contribution >= 4 is 45.3 Å². The maximum absolute atomic E-state index is 13.0. The van der Waals surface area contributed by atoms with E-state index in [-0.39, 0.29) is 11.6 Å². The summed E-state index contributed by atoms with van der Waals surface area (Å²) >= 11 is 1.71. The van der Waals surface area contributed by atoms with Crippen LogP contribution in [0, 0.1) is 13.8 Å². The fourth-order valence-corrected chi connectivity index (χ4v) is 6.42. The first-order valence-corrected chi connectivity index (χ1v) is 14.5. The summed E-state index contributed by atoms with van der Waals surface area (Å²) in [5.74, 6) is 5.77. The molecule has 1 amide bonds. The van der Waals surface area contributed by atoms with Crippen LogP contribution in [0.3, 0.4) is 0 Å². The van der Waals surface area contributed by atoms with Crippen LogP contribution in [-0.2, 0) is 18.3 Å². The van der Waals surface area contributed by atoms with E-state index in [9.17, 15) is 9.59 Å². The lowest BCUT2D eigenvalue weighted by atomic mass is 10.0. The topological polar surface area (TPSA) is 124 Å². The first-order valence-electron chi connectivity index (χ1n) is 13.7. The van der Waals surface area contributed by atoms with Crippen LogP contribution < -0.4 is 11.5 Å². The molecule has 1 aromatic carbocycles. The second-order valence-electron chi connectivity index (χ2n) is 10.0. The number of rotatable bonds is 8. The van der Waals surface area contributed by atoms with Crippen molar-refractivity contribution in [2.24, 2.45) is 23.0 Å². The molecular formula is C30H34N8O2S. The highest BCUT2D eigenvalue weighted by Gasteiger charge is 2.22. The molecule has 2 N–H and O–H groups in total. The van der Waals surface area contributed by atoms with Crippen LogP contribution >= 0.6 is 11.3 Å². The summed E-state index contributed by atoms with van der Waals surface area (Å²) in [4.78, 5) is 37.9. The molecule has 41 heavy (non-hydrogen) atoms. The number of thiophene rings is 1. The van der Waals surface area contributed by atoms with Gasteiger partial charge in [0, 0.05) is 71.4 Å². The third-order valence-electron chi connectivity index (χ3n) is 7.27. The van der Waals surface area contributed by atoms with Crippen LogP contribution in [0.25, 0.3) is 32.5 Å². The molecule has 0 saturated heterocycles. The fraction of sp³-hybridized carbons (Fsp3) is 0.333. The third-order valence-corrected chi connectivity index (χ3v) is 8.53. The smallest absolute Gasteiger partial charge is 0.338 e. The Kier molecular flexibility index (Phi) is 8.25. The van der Waals surface area contributed by atoms with Gasteiger partial charge in [-0.1, -0.05) is 19.1 Å². The van der Waals surface area contributed by atoms with E-state index in [2.05, 4.69) is 52.5 Å². The van der Waals surface area contributed by atoms with Crippen molar-refractivity contribution in [2.45, 2.75) is 40.0 Å². The van der Waals surface area contributed by atoms with Gasteiger partial charge in [-0.15, -0.1) is 11.3 Å². The summed E-state index contributed by atoms with van der Waals surface area (Å²) in [6, 6.07) is 10.5. The number of nitrogens with zero attached hydrogens (tertiary/aromatic N) is 7. The minimum Gasteiger partial charge on any atom is -0.338 e. The number of aliphatic imine (C=N–C) groups is 1. The Hall–Kier alpha value is -4.38. The van der Waals surface area contributed by atoms with E-state index in [1.54, 1.807) is 23.0 Å². The van der Waals surface area contributed by atoms with Gasteiger partial charge in [-0.2, -0.15) is 10.2 Å². The summed E-state index contributed by atoms with van der Waals surface area (Å²) in [5, 5.41) is 8.75. The van der Waals surface area contributed by atoms with Gasteiger partial charge in [0.25, 0.3) is 0 Å². The van der Waals surface area contributed by atoms with E-state index in [1.807, 2.05) is 24.8 Å². The highest BCUT2D eigenvalue weighted by atomic mass is 32.1. The predicted molar refractivity (Wildman–Crippen MR) is 166 cm³/mol. The fourth-order valence-electron chi connectivity index (χ4n) is 5.22. The molecule has 0 saturated carbocycles. The van der Waals surface area contributed by atoms with Crippen molar-refractivity contribution in [1.82, 2.24) is 24.2 Å². The van der Waals surface area contributed by atoms with Gasteiger partial charge >= 0.3 is 5.69 Å². The van der Waals surface area contributed by atoms with Gasteiger partial charge < -0.3 is 10.7 Å². The molecule has 0 fully saturated rings. The maximum atomic E-state index is 13.0. The van der Waals surface area contributed by atoms with Gasteiger partial charge in [0.15, 0.2) is 0 Å². The molecule has 0 unspecified atom stereocenters. The largest absolute Gasteiger partial charge is 0.350 e. The van der Waals surface area contributed by atoms with Crippen molar-refractivity contribution in [1.29, 1.82) is 0 Å². The van der Waals surface area contributed by atoms with Crippen molar-refractivity contribution in [3.05, 3.63) is 69.0 Å². The Labute approximate surface area is 242 Å². The van der Waals surface area contributed by atoms with Gasteiger partial charge in [0.1, 0.15) is 5.82 Å². The van der Waals surface area contributed by atoms with Crippen LogP contribution in [0.4, 0.5) is 0 Å². The number of benzene rings is 1. The summed E-state index contributed by atoms with van der Waals surface area (Å²) in [6.45, 7) is 7.60. The highest BCUT2D eigenvalue weighted by Crippen LogP contribution is 2.40. The Morgan fingerprint density at radius 3 is 2.71 bits per heavy atom. The normalized spacial score (nSPS) is 14.0. The number of amides is 1. The molecule has 4 heterocycles. The van der Waals surface area contributed by atoms with Gasteiger partial charge in [0.05, 0.1) is 11.9 Å². The van der Waals surface area contributed by atoms with E-state index in [0.29, 0.717) is 31.9 Å². The third kappa shape index (κ3) is 5.76. The lowest BCUT2D eigenvalue weighted by Gasteiger charge is -2.27. The Morgan fingerprint density at radius 1 is 1.17 bits per heavy atom. The zero-order valence-corrected chi connectivity index (χ0v) is 24.6. The summed E-state index contributed by atoms with van der Waals surface area (Å²) in [7, 11) is 1.66. The second-order valence-corrected chi connectivity index (χ2v) is 11.1. The molecule has 0 aliphatic carbocycles. The zero-order valence-electron chi connectivity index (χ0n) is 23.8. The molecule has 4 aromatic rings. The number of hydrazone groups is 1. The monoisotopic (exact) mass is 570 g/mol. The molecule has 212 valence electrons. The molecule has 0 spiro atoms. The number of aryl methyl sites for hydroxylation is 4. The van der Waals surface area contributed by atoms with E-state index in [4.69, 9.17) is 10.8 Å². The molecule has 5 rings (SSSR count). The molecule has 0 atom stereocenters. The van der Waals surface area contributed by atoms with Crippen molar-refractivity contribution < 1.29 is 4.79 Å². The standard InChI is InChI=1S/C30H34N8O2S/c1-5-23-8-9-25(19(2)34-23)26-17-24(38-20(3)35-36(4)30(38)40)15-22-16-27(41-29(22)26)21-7-6-14-37(18-21)28(39)10-11-32-12-13-33-31/h7-9,12-13,15-17H,5-6,10-11,14,18,31H2,1-4H3/b32-12?,33-13-. The van der Waals surface area contributed by atoms with Gasteiger partial charge in [-0.25, -0.2) is 14.0 Å². The lowest BCUT2D eigenvalue weighted by Crippen LogP contribution is -2.35. The number of nitrogens with two attached hydrogens (primary N) is 1. The second kappa shape index (κ2) is 12.0. The first-order chi connectivity index (χ1) is 19.8. The SMILES string of the molecule is CCc1ccc(-c2cc(-n3c(C)nn(C)c3=O)cc3cc(C4=CCCN(C(=O)CCN=C/C=N\N)C4)sc23)c(C)n1. The Morgan fingerprint density at radius 2 is 2.00 bits per heavy atom. The van der Waals surface area contributed by atoms with E-state index >= 15 is 0 Å². The Bertz CT molecular complexity index is 1760. The van der Waals surface area contributed by atoms with Crippen molar-refractivity contribution in [3.63, 3.8) is 0 Å². The van der Waals surface area contributed by atoms with E-state index < -0.39 is 0 Å². The number of fused-ring (bicyclic) bond motifs is 1. The van der Waals surface area contributed by atoms with E-state index in [0.717, 1.165) is 61.6 Å². The predicted octanol–water partition coefficient (Wildman–Crippen LogP) is 4.05. The molecule has 10 nitrogen and oxygen atoms in total. The van der Waals surface area contributed by atoms with Gasteiger partial charge in [-0.3, -0.25) is 14.8 Å². The minimum absolute atomic E-state index is 0.0747. The molecule has 1 aliphatic rings. The molecule has 0 bridgehead atoms. The van der Waals surface area contributed by atoms with Gasteiger partial charge in [0.2, 0.25) is 5.91 Å². The number of aromatic nitrogens is 4. The lowest BCUT2D eigenvalue weighted by molar-refractivity contribution is -0.130. The Balaban J connectivity index is 1.55.